The molecule has 0 amide bonds. The van der Waals surface area contributed by atoms with Crippen molar-refractivity contribution in [2.75, 3.05) is 0 Å². The maximum Gasteiger partial charge on any atom is 0.114 e. The molecule has 1 nitrogen and oxygen atoms in total. The van der Waals surface area contributed by atoms with Crippen molar-refractivity contribution < 1.29 is 0 Å². The van der Waals surface area contributed by atoms with Gasteiger partial charge in [0, 0.05) is 41.2 Å². The van der Waals surface area contributed by atoms with Gasteiger partial charge in [-0.2, -0.15) is 0 Å². The van der Waals surface area contributed by atoms with Crippen LogP contribution in [0.3, 0.4) is 0 Å². The van der Waals surface area contributed by atoms with Crippen molar-refractivity contribution in [1.29, 1.82) is 0 Å². The van der Waals surface area contributed by atoms with Crippen LogP contribution in [0.15, 0.2) is 60.7 Å². The molecule has 10 heteroatoms. The number of rotatable bonds is 1. The first-order chi connectivity index (χ1) is 20.3. The standard InChI is InChI=1S/C32H10B7NS2/c33-22-19(20-21-23(34)24(35)26(37)28(39)31(21)42-30(20)27(38)25(22)36)17-10-15-13-6-3-4-11-8-9-14-12-5-1-2-7-16(12)40(32(15)41-17)29(14)18(11)13/h1-10H. The number of pyridine rings is 1. The summed E-state index contributed by atoms with van der Waals surface area (Å²) in [5, 5.41) is 8.65. The van der Waals surface area contributed by atoms with Crippen LogP contribution in [0.2, 0.25) is 0 Å². The summed E-state index contributed by atoms with van der Waals surface area (Å²) in [6.07, 6.45) is 0. The van der Waals surface area contributed by atoms with E-state index in [2.05, 4.69) is 65.1 Å². The fraction of sp³-hybridized carbons (Fsp3) is 0. The van der Waals surface area contributed by atoms with Crippen molar-refractivity contribution in [2.24, 2.45) is 0 Å². The Morgan fingerprint density at radius 3 is 2.00 bits per heavy atom. The molecule has 176 valence electrons. The van der Waals surface area contributed by atoms with Gasteiger partial charge in [0.25, 0.3) is 0 Å². The fourth-order valence-corrected chi connectivity index (χ4v) is 9.29. The van der Waals surface area contributed by atoms with Gasteiger partial charge in [-0.1, -0.05) is 70.4 Å². The summed E-state index contributed by atoms with van der Waals surface area (Å²) in [7, 11) is 45.6. The van der Waals surface area contributed by atoms with Crippen LogP contribution in [0.25, 0.3) is 78.8 Å². The Labute approximate surface area is 258 Å². The zero-order chi connectivity index (χ0) is 28.8. The maximum atomic E-state index is 6.83. The third-order valence-corrected chi connectivity index (χ3v) is 11.2. The van der Waals surface area contributed by atoms with Crippen molar-refractivity contribution in [2.45, 2.75) is 0 Å². The van der Waals surface area contributed by atoms with Crippen molar-refractivity contribution in [3.8, 4) is 10.4 Å². The second kappa shape index (κ2) is 8.33. The molecule has 4 heterocycles. The van der Waals surface area contributed by atoms with E-state index in [9.17, 15) is 0 Å². The lowest BCUT2D eigenvalue weighted by Gasteiger charge is -2.17. The quantitative estimate of drug-likeness (QED) is 0.275. The Morgan fingerprint density at radius 1 is 0.500 bits per heavy atom. The molecule has 0 atom stereocenters. The SMILES string of the molecule is [B]c1c([B])c([B])c2c(sc3c([B])c([B])c([B])c(-c4cc5c6cccc7ccc8c9ccccc9n(c5s4)c8c76)c32)c1[B]. The van der Waals surface area contributed by atoms with Crippen LogP contribution < -0.4 is 38.2 Å². The predicted molar refractivity (Wildman–Crippen MR) is 193 cm³/mol. The van der Waals surface area contributed by atoms with Crippen molar-refractivity contribution in [3.05, 3.63) is 60.7 Å². The first-order valence-electron chi connectivity index (χ1n) is 13.3. The van der Waals surface area contributed by atoms with E-state index in [0.717, 1.165) is 36.3 Å². The molecule has 14 radical (unpaired) electrons. The van der Waals surface area contributed by atoms with Gasteiger partial charge in [-0.25, -0.2) is 0 Å². The lowest BCUT2D eigenvalue weighted by molar-refractivity contribution is 1.38. The average molecular weight is 548 g/mol. The third kappa shape index (κ3) is 2.88. The zero-order valence-corrected chi connectivity index (χ0v) is 23.7. The summed E-state index contributed by atoms with van der Waals surface area (Å²) in [5.41, 5.74) is 5.46. The highest BCUT2D eigenvalue weighted by atomic mass is 32.1. The normalized spacial score (nSPS) is 12.5. The van der Waals surface area contributed by atoms with Crippen LogP contribution in [0.1, 0.15) is 0 Å². The van der Waals surface area contributed by atoms with E-state index < -0.39 is 0 Å². The molecule has 9 aromatic rings. The van der Waals surface area contributed by atoms with Gasteiger partial charge in [0.2, 0.25) is 0 Å². The molecule has 0 saturated heterocycles. The summed E-state index contributed by atoms with van der Waals surface area (Å²) in [4.78, 5) is 2.05. The maximum absolute atomic E-state index is 6.83. The minimum Gasteiger partial charge on any atom is -0.299 e. The second-order valence-electron chi connectivity index (χ2n) is 10.8. The molecule has 0 aliphatic rings. The van der Waals surface area contributed by atoms with Crippen LogP contribution in [-0.2, 0) is 0 Å². The van der Waals surface area contributed by atoms with E-state index in [1.54, 1.807) is 11.3 Å². The number of thiophene rings is 2. The van der Waals surface area contributed by atoms with Gasteiger partial charge in [-0.05, 0) is 33.9 Å². The average Bonchev–Trinajstić information content (AvgIpc) is 3.70. The Bertz CT molecular complexity index is 2660. The topological polar surface area (TPSA) is 4.41 Å². The Kier molecular flexibility index (Phi) is 4.97. The molecule has 0 spiro atoms. The van der Waals surface area contributed by atoms with Crippen LogP contribution in [0, 0.1) is 0 Å². The highest BCUT2D eigenvalue weighted by Gasteiger charge is 2.24. The summed E-state index contributed by atoms with van der Waals surface area (Å²) < 4.78 is 3.85. The number of hydrogen-bond acceptors (Lipinski definition) is 2. The van der Waals surface area contributed by atoms with E-state index in [1.165, 1.54) is 43.8 Å². The number of aromatic nitrogens is 1. The molecule has 0 aliphatic heterocycles. The molecule has 0 aliphatic carbocycles. The Morgan fingerprint density at radius 2 is 1.19 bits per heavy atom. The molecule has 0 saturated carbocycles. The first kappa shape index (κ1) is 25.1. The number of para-hydroxylation sites is 1. The smallest absolute Gasteiger partial charge is 0.114 e. The van der Waals surface area contributed by atoms with Gasteiger partial charge < -0.3 is 0 Å². The largest absolute Gasteiger partial charge is 0.299 e. The van der Waals surface area contributed by atoms with Gasteiger partial charge in [-0.3, -0.25) is 4.40 Å². The number of nitrogens with zero attached hydrogens (tertiary/aromatic N) is 1. The van der Waals surface area contributed by atoms with Gasteiger partial charge in [0.05, 0.1) is 11.0 Å². The van der Waals surface area contributed by atoms with E-state index >= 15 is 0 Å². The summed E-state index contributed by atoms with van der Waals surface area (Å²) in [5.74, 6) is 0. The van der Waals surface area contributed by atoms with Crippen LogP contribution >= 0.6 is 22.7 Å². The second-order valence-corrected chi connectivity index (χ2v) is 12.9. The van der Waals surface area contributed by atoms with Crippen molar-refractivity contribution in [1.82, 2.24) is 4.40 Å². The number of fused-ring (bicyclic) bond motifs is 9. The van der Waals surface area contributed by atoms with E-state index in [1.807, 2.05) is 0 Å². The molecule has 0 unspecified atom stereocenters. The van der Waals surface area contributed by atoms with Crippen molar-refractivity contribution in [3.63, 3.8) is 0 Å². The lowest BCUT2D eigenvalue weighted by Crippen LogP contribution is -2.47. The molecule has 9 rings (SSSR count). The van der Waals surface area contributed by atoms with Gasteiger partial charge in [0.15, 0.2) is 0 Å². The van der Waals surface area contributed by atoms with Gasteiger partial charge in [-0.15, -0.1) is 39.1 Å². The van der Waals surface area contributed by atoms with Gasteiger partial charge >= 0.3 is 0 Å². The Balaban J connectivity index is 1.53. The monoisotopic (exact) mass is 549 g/mol. The highest BCUT2D eigenvalue weighted by molar-refractivity contribution is 7.29. The minimum atomic E-state index is 0.244. The molecule has 4 aromatic heterocycles. The molecule has 0 bridgehead atoms. The zero-order valence-electron chi connectivity index (χ0n) is 22.1. The summed E-state index contributed by atoms with van der Waals surface area (Å²) in [6.45, 7) is 0. The lowest BCUT2D eigenvalue weighted by atomic mass is 9.64. The van der Waals surface area contributed by atoms with E-state index in [4.69, 9.17) is 54.9 Å². The summed E-state index contributed by atoms with van der Waals surface area (Å²) in [6, 6.07) is 21.6. The molecule has 0 fully saturated rings. The van der Waals surface area contributed by atoms with Crippen molar-refractivity contribution >= 4 is 184 Å². The first-order valence-corrected chi connectivity index (χ1v) is 15.0. The molecule has 0 N–H and O–H groups in total. The van der Waals surface area contributed by atoms with Crippen LogP contribution in [0.5, 0.6) is 0 Å². The molecule has 5 aromatic carbocycles. The number of hydrogen-bond donors (Lipinski definition) is 0. The molecular weight excluding hydrogens is 538 g/mol. The summed E-state index contributed by atoms with van der Waals surface area (Å²) >= 11 is 3.07. The van der Waals surface area contributed by atoms with E-state index in [0.29, 0.717) is 37.4 Å². The third-order valence-electron chi connectivity index (χ3n) is 8.77. The van der Waals surface area contributed by atoms with Crippen LogP contribution in [0.4, 0.5) is 0 Å². The van der Waals surface area contributed by atoms with Gasteiger partial charge in [0.1, 0.15) is 59.8 Å². The molecular formula is C32H10B7NS2. The van der Waals surface area contributed by atoms with E-state index in [-0.39, 0.29) is 10.9 Å². The Hall–Kier alpha value is -3.47. The minimum absolute atomic E-state index is 0.244. The predicted octanol–water partition coefficient (Wildman–Crippen LogP) is 1.64. The molecule has 42 heavy (non-hydrogen) atoms. The number of benzene rings is 5. The highest BCUT2D eigenvalue weighted by Crippen LogP contribution is 2.46. The fourth-order valence-electron chi connectivity index (χ4n) is 6.77. The van der Waals surface area contributed by atoms with Crippen LogP contribution in [-0.4, -0.2) is 59.3 Å².